The van der Waals surface area contributed by atoms with Crippen LogP contribution in [0.15, 0.2) is 18.2 Å². The summed E-state index contributed by atoms with van der Waals surface area (Å²) in [5.41, 5.74) is 11.6. The van der Waals surface area contributed by atoms with Crippen LogP contribution in [0.5, 0.6) is 0 Å². The number of carboxylic acids is 1. The van der Waals surface area contributed by atoms with E-state index in [1.54, 1.807) is 11.1 Å². The number of aliphatic carboxylic acids is 1. The molecule has 0 spiro atoms. The van der Waals surface area contributed by atoms with Crippen LogP contribution in [0.2, 0.25) is 0 Å². The van der Waals surface area contributed by atoms with Gasteiger partial charge < -0.3 is 10.8 Å². The van der Waals surface area contributed by atoms with Crippen LogP contribution in [0.4, 0.5) is 0 Å². The van der Waals surface area contributed by atoms with E-state index in [1.165, 1.54) is 37.7 Å². The third-order valence-electron chi connectivity index (χ3n) is 8.38. The van der Waals surface area contributed by atoms with Crippen molar-refractivity contribution in [3.8, 4) is 0 Å². The molecule has 1 saturated carbocycles. The maximum absolute atomic E-state index is 10.4. The van der Waals surface area contributed by atoms with Crippen LogP contribution >= 0.6 is 0 Å². The van der Waals surface area contributed by atoms with E-state index in [9.17, 15) is 4.79 Å². The number of fused-ring (bicyclic) bond motifs is 3. The van der Waals surface area contributed by atoms with Crippen molar-refractivity contribution in [2.45, 2.75) is 111 Å². The summed E-state index contributed by atoms with van der Waals surface area (Å²) in [4.78, 5) is 10.4. The second-order valence-corrected chi connectivity index (χ2v) is 10.9. The van der Waals surface area contributed by atoms with Crippen LogP contribution in [0.1, 0.15) is 116 Å². The highest BCUT2D eigenvalue weighted by molar-refractivity contribution is 5.69. The fraction of sp³-hybridized carbons (Fsp3) is 0.750. The first-order chi connectivity index (χ1) is 14.6. The van der Waals surface area contributed by atoms with Crippen LogP contribution in [0.25, 0.3) is 0 Å². The van der Waals surface area contributed by atoms with Gasteiger partial charge in [-0.05, 0) is 84.4 Å². The largest absolute Gasteiger partial charge is 0.481 e. The zero-order chi connectivity index (χ0) is 23.2. The molecule has 1 aromatic rings. The molecular weight excluding hydrogens is 382 g/mol. The Labute approximate surface area is 191 Å². The monoisotopic (exact) mass is 429 g/mol. The lowest BCUT2D eigenvalue weighted by Gasteiger charge is -2.55. The smallest absolute Gasteiger partial charge is 0.306 e. The van der Waals surface area contributed by atoms with Crippen molar-refractivity contribution in [2.75, 3.05) is 6.54 Å². The summed E-state index contributed by atoms with van der Waals surface area (Å²) in [6, 6.07) is 7.29. The molecule has 0 aliphatic heterocycles. The van der Waals surface area contributed by atoms with Crippen molar-refractivity contribution in [3.05, 3.63) is 34.9 Å². The van der Waals surface area contributed by atoms with Gasteiger partial charge in [-0.2, -0.15) is 0 Å². The van der Waals surface area contributed by atoms with Gasteiger partial charge in [-0.15, -0.1) is 0 Å². The number of unbranched alkanes of at least 4 members (excludes halogenated alkanes) is 1. The van der Waals surface area contributed by atoms with E-state index < -0.39 is 5.97 Å². The zero-order valence-electron chi connectivity index (χ0n) is 21.0. The Morgan fingerprint density at radius 1 is 1.23 bits per heavy atom. The van der Waals surface area contributed by atoms with E-state index in [1.807, 2.05) is 6.92 Å². The Hall–Kier alpha value is -1.35. The summed E-state index contributed by atoms with van der Waals surface area (Å²) >= 11 is 0. The molecule has 3 rings (SSSR count). The van der Waals surface area contributed by atoms with Crippen LogP contribution in [0.3, 0.4) is 0 Å². The number of benzene rings is 1. The zero-order valence-corrected chi connectivity index (χ0v) is 21.0. The topological polar surface area (TPSA) is 63.3 Å². The Morgan fingerprint density at radius 3 is 2.48 bits per heavy atom. The highest BCUT2D eigenvalue weighted by Crippen LogP contribution is 2.56. The van der Waals surface area contributed by atoms with Crippen molar-refractivity contribution in [1.29, 1.82) is 0 Å². The molecule has 31 heavy (non-hydrogen) atoms. The quantitative estimate of drug-likeness (QED) is 0.487. The first-order valence-electron chi connectivity index (χ1n) is 12.7. The number of hydrogen-bond acceptors (Lipinski definition) is 2. The average molecular weight is 430 g/mol. The van der Waals surface area contributed by atoms with Crippen molar-refractivity contribution in [2.24, 2.45) is 23.0 Å². The lowest BCUT2D eigenvalue weighted by Crippen LogP contribution is -2.51. The first-order valence-corrected chi connectivity index (χ1v) is 12.7. The summed E-state index contributed by atoms with van der Waals surface area (Å²) in [5, 5.41) is 8.60. The third-order valence-corrected chi connectivity index (χ3v) is 8.38. The van der Waals surface area contributed by atoms with Gasteiger partial charge in [0.2, 0.25) is 0 Å². The van der Waals surface area contributed by atoms with E-state index in [-0.39, 0.29) is 5.92 Å². The molecule has 0 heterocycles. The van der Waals surface area contributed by atoms with Crippen LogP contribution in [0, 0.1) is 17.3 Å². The molecule has 3 N–H and O–H groups in total. The minimum atomic E-state index is -0.643. The van der Waals surface area contributed by atoms with Crippen molar-refractivity contribution < 1.29 is 9.90 Å². The Bertz CT molecular complexity index is 728. The van der Waals surface area contributed by atoms with Gasteiger partial charge >= 0.3 is 5.97 Å². The van der Waals surface area contributed by atoms with Gasteiger partial charge in [-0.3, -0.25) is 4.79 Å². The summed E-state index contributed by atoms with van der Waals surface area (Å²) in [7, 11) is 0. The van der Waals surface area contributed by atoms with Gasteiger partial charge in [0.15, 0.2) is 0 Å². The number of carbonyl (C=O) groups is 1. The maximum atomic E-state index is 10.4. The van der Waals surface area contributed by atoms with Gasteiger partial charge in [-0.25, -0.2) is 0 Å². The third kappa shape index (κ3) is 5.72. The molecule has 3 nitrogen and oxygen atoms in total. The molecule has 1 aromatic carbocycles. The highest BCUT2D eigenvalue weighted by Gasteiger charge is 2.50. The van der Waals surface area contributed by atoms with Crippen molar-refractivity contribution in [3.63, 3.8) is 0 Å². The summed E-state index contributed by atoms with van der Waals surface area (Å²) in [6.07, 6.45) is 10.2. The molecule has 0 amide bonds. The van der Waals surface area contributed by atoms with Crippen LogP contribution in [-0.4, -0.2) is 17.6 Å². The van der Waals surface area contributed by atoms with E-state index in [4.69, 9.17) is 10.8 Å². The van der Waals surface area contributed by atoms with Crippen LogP contribution < -0.4 is 5.73 Å². The van der Waals surface area contributed by atoms with E-state index in [0.29, 0.717) is 16.7 Å². The summed E-state index contributed by atoms with van der Waals surface area (Å²) < 4.78 is 0. The van der Waals surface area contributed by atoms with Crippen molar-refractivity contribution >= 4 is 5.97 Å². The number of carboxylic acid groups (broad SMARTS) is 1. The van der Waals surface area contributed by atoms with Crippen molar-refractivity contribution in [1.82, 2.24) is 0 Å². The van der Waals surface area contributed by atoms with Crippen LogP contribution in [-0.2, 0) is 16.6 Å². The predicted octanol–water partition coefficient (Wildman–Crippen LogP) is 7.07. The second-order valence-electron chi connectivity index (χ2n) is 10.9. The van der Waals surface area contributed by atoms with Gasteiger partial charge in [-0.1, -0.05) is 79.0 Å². The predicted molar refractivity (Wildman–Crippen MR) is 132 cm³/mol. The molecule has 4 atom stereocenters. The second kappa shape index (κ2) is 11.0. The molecule has 1 fully saturated rings. The molecular formula is C28H47NO2. The minimum Gasteiger partial charge on any atom is -0.481 e. The molecule has 176 valence electrons. The molecule has 0 aromatic heterocycles. The normalized spacial score (nSPS) is 28.2. The van der Waals surface area contributed by atoms with E-state index in [0.717, 1.165) is 38.1 Å². The summed E-state index contributed by atoms with van der Waals surface area (Å²) in [6.45, 7) is 14.4. The molecule has 0 saturated heterocycles. The van der Waals surface area contributed by atoms with E-state index >= 15 is 0 Å². The van der Waals surface area contributed by atoms with E-state index in [2.05, 4.69) is 52.8 Å². The molecule has 3 heteroatoms. The molecule has 2 aliphatic carbocycles. The van der Waals surface area contributed by atoms with Gasteiger partial charge in [0.1, 0.15) is 0 Å². The highest BCUT2D eigenvalue weighted by atomic mass is 16.4. The molecule has 0 bridgehead atoms. The summed E-state index contributed by atoms with van der Waals surface area (Å²) in [5.74, 6) is 0.624. The molecule has 2 aliphatic rings. The fourth-order valence-corrected chi connectivity index (χ4v) is 6.20. The minimum absolute atomic E-state index is 0.111. The Kier molecular flexibility index (Phi) is 9.18. The Balaban J connectivity index is 0.000000291. The lowest BCUT2D eigenvalue weighted by atomic mass is 9.50. The molecule has 0 radical (unpaired) electrons. The molecule has 4 unspecified atom stereocenters. The standard InChI is InChI=1S/C20H31N.C8H16O2/c1-14(2)15-6-8-17-16(12-15)7-9-18-19(3,13-21)10-5-11-20(17,18)4;1-3-5-6-7(4-2)8(9)10/h6,8,12,14,18H,5,7,9-11,13,21H2,1-4H3;7H,3-6H2,1-2H3,(H,9,10). The maximum Gasteiger partial charge on any atom is 0.306 e. The van der Waals surface area contributed by atoms with Gasteiger partial charge in [0.05, 0.1) is 5.92 Å². The number of aryl methyl sites for hydroxylation is 1. The number of nitrogens with two attached hydrogens (primary N) is 1. The fourth-order valence-electron chi connectivity index (χ4n) is 6.20. The lowest BCUT2D eigenvalue weighted by molar-refractivity contribution is -0.142. The number of hydrogen-bond donors (Lipinski definition) is 2. The van der Waals surface area contributed by atoms with Gasteiger partial charge in [0.25, 0.3) is 0 Å². The SMILES string of the molecule is CC(C)c1ccc2c(c1)CCC1C(C)(CN)CCCC21C.CCCCC(CC)C(=O)O. The Morgan fingerprint density at radius 2 is 1.94 bits per heavy atom. The van der Waals surface area contributed by atoms with Gasteiger partial charge in [0, 0.05) is 0 Å². The average Bonchev–Trinajstić information content (AvgIpc) is 2.74. The number of rotatable bonds is 7. The first kappa shape index (κ1) is 25.9.